The molecule has 0 spiro atoms. The molecule has 0 saturated carbocycles. The first kappa shape index (κ1) is 11.5. The summed E-state index contributed by atoms with van der Waals surface area (Å²) in [4.78, 5) is 0. The van der Waals surface area contributed by atoms with Crippen molar-refractivity contribution in [3.05, 3.63) is 28.2 Å². The van der Waals surface area contributed by atoms with Crippen LogP contribution in [0.4, 0.5) is 0 Å². The summed E-state index contributed by atoms with van der Waals surface area (Å²) in [6, 6.07) is 5.54. The Bertz CT molecular complexity index is 304. The van der Waals surface area contributed by atoms with Gasteiger partial charge in [-0.1, -0.05) is 15.9 Å². The highest BCUT2D eigenvalue weighted by Crippen LogP contribution is 2.29. The molecule has 3 nitrogen and oxygen atoms in total. The lowest BCUT2D eigenvalue weighted by atomic mass is 10.1. The fourth-order valence-corrected chi connectivity index (χ4v) is 1.66. The van der Waals surface area contributed by atoms with Gasteiger partial charge in [0, 0.05) is 10.0 Å². The molecule has 0 unspecified atom stereocenters. The number of benzene rings is 1. The monoisotopic (exact) mass is 259 g/mol. The third-order valence-electron chi connectivity index (χ3n) is 1.99. The Labute approximate surface area is 92.0 Å². The first-order valence-corrected chi connectivity index (χ1v) is 5.20. The summed E-state index contributed by atoms with van der Waals surface area (Å²) >= 11 is 3.35. The van der Waals surface area contributed by atoms with Crippen LogP contribution in [0.3, 0.4) is 0 Å². The predicted molar refractivity (Wildman–Crippen MR) is 59.3 cm³/mol. The molecular weight excluding hydrogens is 246 g/mol. The van der Waals surface area contributed by atoms with Gasteiger partial charge >= 0.3 is 0 Å². The molecule has 14 heavy (non-hydrogen) atoms. The van der Waals surface area contributed by atoms with Crippen LogP contribution in [-0.4, -0.2) is 18.8 Å². The standard InChI is InChI=1S/C10H14BrNO2/c1-14-10-3-2-7(11)6-8(10)9(13)4-5-12/h2-3,6,9,13H,4-5,12H2,1H3/t9-/m0/s1. The van der Waals surface area contributed by atoms with Crippen LogP contribution in [0.2, 0.25) is 0 Å². The second kappa shape index (κ2) is 5.34. The first-order chi connectivity index (χ1) is 6.69. The number of aliphatic hydroxyl groups excluding tert-OH is 1. The lowest BCUT2D eigenvalue weighted by Gasteiger charge is -2.14. The van der Waals surface area contributed by atoms with Gasteiger partial charge in [-0.05, 0) is 31.2 Å². The van der Waals surface area contributed by atoms with E-state index in [1.807, 2.05) is 18.2 Å². The number of halogens is 1. The quantitative estimate of drug-likeness (QED) is 0.868. The summed E-state index contributed by atoms with van der Waals surface area (Å²) in [6.07, 6.45) is -0.0280. The maximum Gasteiger partial charge on any atom is 0.124 e. The summed E-state index contributed by atoms with van der Waals surface area (Å²) < 4.78 is 6.07. The van der Waals surface area contributed by atoms with E-state index >= 15 is 0 Å². The lowest BCUT2D eigenvalue weighted by molar-refractivity contribution is 0.166. The summed E-state index contributed by atoms with van der Waals surface area (Å²) in [5.41, 5.74) is 6.15. The number of hydrogen-bond acceptors (Lipinski definition) is 3. The largest absolute Gasteiger partial charge is 0.496 e. The summed E-state index contributed by atoms with van der Waals surface area (Å²) in [6.45, 7) is 0.455. The van der Waals surface area contributed by atoms with Crippen molar-refractivity contribution in [3.63, 3.8) is 0 Å². The predicted octanol–water partition coefficient (Wildman–Crippen LogP) is 1.84. The highest BCUT2D eigenvalue weighted by Gasteiger charge is 2.12. The third-order valence-corrected chi connectivity index (χ3v) is 2.48. The number of aliphatic hydroxyl groups is 1. The SMILES string of the molecule is COc1ccc(Br)cc1[C@@H](O)CCN. The van der Waals surface area contributed by atoms with Crippen molar-refractivity contribution in [1.82, 2.24) is 0 Å². The van der Waals surface area contributed by atoms with Gasteiger partial charge in [0.1, 0.15) is 5.75 Å². The van der Waals surface area contributed by atoms with Gasteiger partial charge in [0.2, 0.25) is 0 Å². The molecule has 1 atom stereocenters. The zero-order valence-electron chi connectivity index (χ0n) is 8.03. The van der Waals surface area contributed by atoms with Crippen molar-refractivity contribution in [2.45, 2.75) is 12.5 Å². The maximum absolute atomic E-state index is 9.78. The fourth-order valence-electron chi connectivity index (χ4n) is 1.28. The zero-order valence-corrected chi connectivity index (χ0v) is 9.62. The minimum absolute atomic E-state index is 0.455. The number of methoxy groups -OCH3 is 1. The molecule has 0 aliphatic carbocycles. The normalized spacial score (nSPS) is 12.6. The Morgan fingerprint density at radius 2 is 2.29 bits per heavy atom. The van der Waals surface area contributed by atoms with E-state index in [9.17, 15) is 5.11 Å². The van der Waals surface area contributed by atoms with Gasteiger partial charge in [-0.25, -0.2) is 0 Å². The van der Waals surface area contributed by atoms with Crippen molar-refractivity contribution in [2.24, 2.45) is 5.73 Å². The van der Waals surface area contributed by atoms with E-state index in [-0.39, 0.29) is 0 Å². The fraction of sp³-hybridized carbons (Fsp3) is 0.400. The average molecular weight is 260 g/mol. The number of nitrogens with two attached hydrogens (primary N) is 1. The van der Waals surface area contributed by atoms with Gasteiger partial charge < -0.3 is 15.6 Å². The summed E-state index contributed by atoms with van der Waals surface area (Å²) in [5, 5.41) is 9.78. The smallest absolute Gasteiger partial charge is 0.124 e. The van der Waals surface area contributed by atoms with Crippen molar-refractivity contribution in [1.29, 1.82) is 0 Å². The van der Waals surface area contributed by atoms with Crippen LogP contribution in [0.1, 0.15) is 18.1 Å². The number of rotatable bonds is 4. The zero-order chi connectivity index (χ0) is 10.6. The van der Waals surface area contributed by atoms with E-state index in [0.29, 0.717) is 18.7 Å². The van der Waals surface area contributed by atoms with E-state index in [1.54, 1.807) is 7.11 Å². The summed E-state index contributed by atoms with van der Waals surface area (Å²) in [5.74, 6) is 0.689. The van der Waals surface area contributed by atoms with Crippen LogP contribution in [0.5, 0.6) is 5.75 Å². The molecule has 0 radical (unpaired) electrons. The van der Waals surface area contributed by atoms with Crippen LogP contribution >= 0.6 is 15.9 Å². The van der Waals surface area contributed by atoms with Crippen molar-refractivity contribution in [3.8, 4) is 5.75 Å². The van der Waals surface area contributed by atoms with Gasteiger partial charge in [0.15, 0.2) is 0 Å². The first-order valence-electron chi connectivity index (χ1n) is 4.40. The molecule has 3 N–H and O–H groups in total. The molecule has 0 bridgehead atoms. The van der Waals surface area contributed by atoms with Crippen molar-refractivity contribution >= 4 is 15.9 Å². The molecule has 1 aromatic carbocycles. The molecule has 4 heteroatoms. The van der Waals surface area contributed by atoms with E-state index in [0.717, 1.165) is 10.0 Å². The van der Waals surface area contributed by atoms with E-state index in [1.165, 1.54) is 0 Å². The van der Waals surface area contributed by atoms with Crippen LogP contribution in [0.25, 0.3) is 0 Å². The van der Waals surface area contributed by atoms with E-state index < -0.39 is 6.10 Å². The van der Waals surface area contributed by atoms with Crippen molar-refractivity contribution in [2.75, 3.05) is 13.7 Å². The Morgan fingerprint density at radius 3 is 2.86 bits per heavy atom. The molecule has 0 aliphatic heterocycles. The van der Waals surface area contributed by atoms with E-state index in [2.05, 4.69) is 15.9 Å². The highest BCUT2D eigenvalue weighted by atomic mass is 79.9. The number of ether oxygens (including phenoxy) is 1. The lowest BCUT2D eigenvalue weighted by Crippen LogP contribution is -2.07. The minimum atomic E-state index is -0.563. The minimum Gasteiger partial charge on any atom is -0.496 e. The molecule has 78 valence electrons. The van der Waals surface area contributed by atoms with Crippen LogP contribution < -0.4 is 10.5 Å². The topological polar surface area (TPSA) is 55.5 Å². The molecule has 0 amide bonds. The molecule has 0 heterocycles. The molecule has 0 aliphatic rings. The Morgan fingerprint density at radius 1 is 1.57 bits per heavy atom. The maximum atomic E-state index is 9.78. The number of hydrogen-bond donors (Lipinski definition) is 2. The Balaban J connectivity index is 2.97. The highest BCUT2D eigenvalue weighted by molar-refractivity contribution is 9.10. The third kappa shape index (κ3) is 2.70. The van der Waals surface area contributed by atoms with Gasteiger partial charge in [-0.3, -0.25) is 0 Å². The average Bonchev–Trinajstić information content (AvgIpc) is 2.18. The Kier molecular flexibility index (Phi) is 4.38. The second-order valence-electron chi connectivity index (χ2n) is 2.98. The summed E-state index contributed by atoms with van der Waals surface area (Å²) in [7, 11) is 1.59. The van der Waals surface area contributed by atoms with Gasteiger partial charge in [-0.2, -0.15) is 0 Å². The van der Waals surface area contributed by atoms with E-state index in [4.69, 9.17) is 10.5 Å². The molecule has 1 aromatic rings. The Hall–Kier alpha value is -0.580. The molecule has 1 rings (SSSR count). The molecule has 0 fully saturated rings. The van der Waals surface area contributed by atoms with Crippen LogP contribution in [0.15, 0.2) is 22.7 Å². The van der Waals surface area contributed by atoms with Gasteiger partial charge in [0.05, 0.1) is 13.2 Å². The van der Waals surface area contributed by atoms with Gasteiger partial charge in [-0.15, -0.1) is 0 Å². The van der Waals surface area contributed by atoms with Gasteiger partial charge in [0.25, 0.3) is 0 Å². The van der Waals surface area contributed by atoms with Crippen molar-refractivity contribution < 1.29 is 9.84 Å². The van der Waals surface area contributed by atoms with Crippen LogP contribution in [0, 0.1) is 0 Å². The second-order valence-corrected chi connectivity index (χ2v) is 3.90. The molecule has 0 aromatic heterocycles. The molecule has 0 saturated heterocycles. The van der Waals surface area contributed by atoms with Crippen LogP contribution in [-0.2, 0) is 0 Å². The molecular formula is C10H14BrNO2.